The smallest absolute Gasteiger partial charge is 0.347 e. The van der Waals surface area contributed by atoms with E-state index in [9.17, 15) is 19.7 Å². The summed E-state index contributed by atoms with van der Waals surface area (Å²) in [6.45, 7) is 0. The molecule has 0 saturated heterocycles. The molecule has 0 atom stereocenters. The Morgan fingerprint density at radius 2 is 2.00 bits per heavy atom. The Bertz CT molecular complexity index is 1120. The Morgan fingerprint density at radius 1 is 1.22 bits per heavy atom. The quantitative estimate of drug-likeness (QED) is 0.233. The van der Waals surface area contributed by atoms with Gasteiger partial charge in [0.2, 0.25) is 0 Å². The highest BCUT2D eigenvalue weighted by Crippen LogP contribution is 2.28. The molecule has 0 spiro atoms. The summed E-state index contributed by atoms with van der Waals surface area (Å²) in [5.74, 6) is -0.297. The van der Waals surface area contributed by atoms with Crippen LogP contribution >= 0.6 is 0 Å². The summed E-state index contributed by atoms with van der Waals surface area (Å²) in [4.78, 5) is 34.5. The number of methoxy groups -OCH3 is 1. The minimum absolute atomic E-state index is 0.0950. The Morgan fingerprint density at radius 3 is 2.74 bits per heavy atom. The minimum Gasteiger partial charge on any atom is -0.494 e. The predicted octanol–water partition coefficient (Wildman–Crippen LogP) is 3.52. The number of fused-ring (bicyclic) bond motifs is 1. The van der Waals surface area contributed by atoms with Gasteiger partial charge < -0.3 is 14.5 Å². The number of carbonyl (C=O) groups excluding carboxylic acids is 1. The lowest BCUT2D eigenvalue weighted by molar-refractivity contribution is -0.384. The molecule has 0 amide bonds. The van der Waals surface area contributed by atoms with Gasteiger partial charge in [-0.2, -0.15) is 0 Å². The van der Waals surface area contributed by atoms with Crippen LogP contribution in [-0.4, -0.2) is 17.8 Å². The molecule has 0 aliphatic rings. The van der Waals surface area contributed by atoms with Crippen molar-refractivity contribution in [1.29, 1.82) is 0 Å². The standard InChI is InChI=1S/C19H14N2O6/c1-26-18-11-13(21(24)25)6-7-15(18)20-9-8-16(22)14-10-12-4-2-3-5-17(12)27-19(14)23/h2-11,20H,1H3/b9-8+. The second-order valence-corrected chi connectivity index (χ2v) is 5.47. The fourth-order valence-electron chi connectivity index (χ4n) is 2.44. The highest BCUT2D eigenvalue weighted by molar-refractivity contribution is 6.05. The number of para-hydroxylation sites is 1. The van der Waals surface area contributed by atoms with Crippen LogP contribution in [0.4, 0.5) is 11.4 Å². The number of hydrogen-bond donors (Lipinski definition) is 1. The van der Waals surface area contributed by atoms with Crippen molar-refractivity contribution in [3.8, 4) is 5.75 Å². The van der Waals surface area contributed by atoms with Crippen LogP contribution in [-0.2, 0) is 0 Å². The van der Waals surface area contributed by atoms with Crippen molar-refractivity contribution in [2.75, 3.05) is 12.4 Å². The van der Waals surface area contributed by atoms with Crippen LogP contribution in [0.5, 0.6) is 5.75 Å². The van der Waals surface area contributed by atoms with Gasteiger partial charge in [0.15, 0.2) is 5.78 Å². The number of non-ortho nitro benzene ring substituents is 1. The molecule has 1 aromatic heterocycles. The second kappa shape index (κ2) is 7.52. The zero-order valence-corrected chi connectivity index (χ0v) is 14.2. The van der Waals surface area contributed by atoms with Crippen molar-refractivity contribution in [3.05, 3.63) is 86.9 Å². The van der Waals surface area contributed by atoms with Gasteiger partial charge in [0, 0.05) is 23.7 Å². The monoisotopic (exact) mass is 366 g/mol. The highest BCUT2D eigenvalue weighted by Gasteiger charge is 2.12. The normalized spacial score (nSPS) is 10.9. The lowest BCUT2D eigenvalue weighted by Crippen LogP contribution is -2.12. The molecule has 0 fully saturated rings. The molecule has 2 aromatic carbocycles. The first-order chi connectivity index (χ1) is 13.0. The minimum atomic E-state index is -0.726. The zero-order chi connectivity index (χ0) is 19.4. The number of hydrogen-bond acceptors (Lipinski definition) is 7. The van der Waals surface area contributed by atoms with Gasteiger partial charge in [-0.25, -0.2) is 4.79 Å². The molecular weight excluding hydrogens is 352 g/mol. The first-order valence-electron chi connectivity index (χ1n) is 7.82. The number of rotatable bonds is 6. The maximum absolute atomic E-state index is 12.3. The Hall–Kier alpha value is -3.94. The van der Waals surface area contributed by atoms with E-state index < -0.39 is 16.3 Å². The summed E-state index contributed by atoms with van der Waals surface area (Å²) in [7, 11) is 1.37. The number of benzene rings is 2. The molecule has 0 aliphatic heterocycles. The van der Waals surface area contributed by atoms with Crippen LogP contribution in [0.25, 0.3) is 11.0 Å². The van der Waals surface area contributed by atoms with Gasteiger partial charge in [-0.3, -0.25) is 14.9 Å². The molecule has 0 unspecified atom stereocenters. The summed E-state index contributed by atoms with van der Waals surface area (Å²) < 4.78 is 10.2. The van der Waals surface area contributed by atoms with Crippen molar-refractivity contribution in [2.24, 2.45) is 0 Å². The average molecular weight is 366 g/mol. The molecule has 0 saturated carbocycles. The number of nitrogens with one attached hydrogen (secondary N) is 1. The van der Waals surface area contributed by atoms with Crippen LogP contribution in [0.1, 0.15) is 10.4 Å². The summed E-state index contributed by atoms with van der Waals surface area (Å²) >= 11 is 0. The second-order valence-electron chi connectivity index (χ2n) is 5.47. The van der Waals surface area contributed by atoms with Crippen LogP contribution in [0.2, 0.25) is 0 Å². The Labute approximate surface area is 152 Å². The molecular formula is C19H14N2O6. The molecule has 0 bridgehead atoms. The van der Waals surface area contributed by atoms with Gasteiger partial charge in [0.25, 0.3) is 5.69 Å². The van der Waals surface area contributed by atoms with E-state index in [1.54, 1.807) is 24.3 Å². The number of ether oxygens (including phenoxy) is 1. The Kier molecular flexibility index (Phi) is 4.98. The molecule has 1 heterocycles. The molecule has 3 aromatic rings. The van der Waals surface area contributed by atoms with E-state index in [2.05, 4.69) is 5.32 Å². The number of ketones is 1. The fourth-order valence-corrected chi connectivity index (χ4v) is 2.44. The van der Waals surface area contributed by atoms with E-state index >= 15 is 0 Å². The van der Waals surface area contributed by atoms with E-state index in [4.69, 9.17) is 9.15 Å². The molecule has 1 N–H and O–H groups in total. The van der Waals surface area contributed by atoms with Gasteiger partial charge in [0.05, 0.1) is 23.8 Å². The SMILES string of the molecule is COc1cc([N+](=O)[O-])ccc1N/C=C/C(=O)c1cc2ccccc2oc1=O. The molecule has 8 heteroatoms. The molecule has 0 aliphatic carbocycles. The lowest BCUT2D eigenvalue weighted by Gasteiger charge is -2.07. The number of nitrogens with zero attached hydrogens (tertiary/aromatic N) is 1. The topological polar surface area (TPSA) is 112 Å². The van der Waals surface area contributed by atoms with Crippen LogP contribution < -0.4 is 15.7 Å². The number of allylic oxidation sites excluding steroid dienone is 1. The Balaban J connectivity index is 1.81. The van der Waals surface area contributed by atoms with Gasteiger partial charge >= 0.3 is 5.63 Å². The molecule has 0 radical (unpaired) electrons. The predicted molar refractivity (Wildman–Crippen MR) is 99.2 cm³/mol. The van der Waals surface area contributed by atoms with E-state index in [0.717, 1.165) is 0 Å². The third-order valence-electron chi connectivity index (χ3n) is 3.78. The van der Waals surface area contributed by atoms with Crippen molar-refractivity contribution in [3.63, 3.8) is 0 Å². The first kappa shape index (κ1) is 17.9. The lowest BCUT2D eigenvalue weighted by atomic mass is 10.1. The van der Waals surface area contributed by atoms with Gasteiger partial charge in [0.1, 0.15) is 16.9 Å². The van der Waals surface area contributed by atoms with E-state index in [-0.39, 0.29) is 17.0 Å². The van der Waals surface area contributed by atoms with Crippen LogP contribution in [0.15, 0.2) is 70.0 Å². The number of nitro benzene ring substituents is 1. The summed E-state index contributed by atoms with van der Waals surface area (Å²) in [5, 5.41) is 14.2. The molecule has 136 valence electrons. The van der Waals surface area contributed by atoms with Gasteiger partial charge in [-0.15, -0.1) is 0 Å². The largest absolute Gasteiger partial charge is 0.494 e. The summed E-state index contributed by atoms with van der Waals surface area (Å²) in [6, 6.07) is 12.4. The van der Waals surface area contributed by atoms with Crippen LogP contribution in [0.3, 0.4) is 0 Å². The average Bonchev–Trinajstić information content (AvgIpc) is 2.67. The van der Waals surface area contributed by atoms with Crippen molar-refractivity contribution >= 4 is 28.1 Å². The molecule has 8 nitrogen and oxygen atoms in total. The maximum Gasteiger partial charge on any atom is 0.347 e. The highest BCUT2D eigenvalue weighted by atomic mass is 16.6. The van der Waals surface area contributed by atoms with Crippen molar-refractivity contribution in [1.82, 2.24) is 0 Å². The zero-order valence-electron chi connectivity index (χ0n) is 14.2. The van der Waals surface area contributed by atoms with E-state index in [1.807, 2.05) is 0 Å². The number of nitro groups is 1. The van der Waals surface area contributed by atoms with Crippen LogP contribution in [0, 0.1) is 10.1 Å². The van der Waals surface area contributed by atoms with Gasteiger partial charge in [-0.05, 0) is 18.2 Å². The van der Waals surface area contributed by atoms with E-state index in [0.29, 0.717) is 16.7 Å². The van der Waals surface area contributed by atoms with E-state index in [1.165, 1.54) is 43.7 Å². The van der Waals surface area contributed by atoms with Crippen molar-refractivity contribution < 1.29 is 18.9 Å². The molecule has 27 heavy (non-hydrogen) atoms. The first-order valence-corrected chi connectivity index (χ1v) is 7.82. The summed E-state index contributed by atoms with van der Waals surface area (Å²) in [5.41, 5.74) is -0.112. The number of anilines is 1. The molecule has 3 rings (SSSR count). The van der Waals surface area contributed by atoms with Gasteiger partial charge in [-0.1, -0.05) is 18.2 Å². The third kappa shape index (κ3) is 3.84. The summed E-state index contributed by atoms with van der Waals surface area (Å²) in [6.07, 6.45) is 2.49. The third-order valence-corrected chi connectivity index (χ3v) is 3.78. The van der Waals surface area contributed by atoms with Crippen molar-refractivity contribution in [2.45, 2.75) is 0 Å². The number of carbonyl (C=O) groups is 1. The maximum atomic E-state index is 12.3. The fraction of sp³-hybridized carbons (Fsp3) is 0.0526.